The number of furan rings is 1. The lowest BCUT2D eigenvalue weighted by molar-refractivity contribution is 0.146. The minimum atomic E-state index is 0.208. The molecule has 8 nitrogen and oxygen atoms in total. The van der Waals surface area contributed by atoms with Crippen LogP contribution in [0.1, 0.15) is 54.9 Å². The number of methoxy groups -OCH3 is 1. The second-order valence-corrected chi connectivity index (χ2v) is 8.07. The van der Waals surface area contributed by atoms with Crippen LogP contribution in [0.25, 0.3) is 0 Å². The van der Waals surface area contributed by atoms with E-state index in [0.29, 0.717) is 13.2 Å². The number of aryl methyl sites for hydroxylation is 1. The molecule has 8 heteroatoms. The van der Waals surface area contributed by atoms with Crippen LogP contribution >= 0.6 is 0 Å². The predicted octanol–water partition coefficient (Wildman–Crippen LogP) is 3.02. The minimum absolute atomic E-state index is 0.208. The van der Waals surface area contributed by atoms with Crippen molar-refractivity contribution in [2.45, 2.75) is 59.2 Å². The van der Waals surface area contributed by atoms with Gasteiger partial charge in [-0.25, -0.2) is 4.99 Å². The maximum Gasteiger partial charge on any atom is 0.191 e. The fraction of sp³-hybridized carbons (Fsp3) is 0.652. The summed E-state index contributed by atoms with van der Waals surface area (Å²) in [6.07, 6.45) is 5.57. The Morgan fingerprint density at radius 1 is 1.26 bits per heavy atom. The normalized spacial score (nSPS) is 16.5. The molecular formula is C23H38N6O2. The summed E-state index contributed by atoms with van der Waals surface area (Å²) in [6, 6.07) is 4.25. The predicted molar refractivity (Wildman–Crippen MR) is 123 cm³/mol. The van der Waals surface area contributed by atoms with Crippen LogP contribution in [0.15, 0.2) is 27.8 Å². The van der Waals surface area contributed by atoms with Gasteiger partial charge in [-0.1, -0.05) is 6.42 Å². The first-order valence-electron chi connectivity index (χ1n) is 11.5. The van der Waals surface area contributed by atoms with Gasteiger partial charge >= 0.3 is 0 Å². The molecule has 1 fully saturated rings. The Labute approximate surface area is 186 Å². The van der Waals surface area contributed by atoms with E-state index in [1.807, 2.05) is 17.7 Å². The molecule has 2 aromatic rings. The number of rotatable bonds is 10. The third-order valence-electron chi connectivity index (χ3n) is 5.94. The number of aliphatic imine (C=N–C) groups is 1. The molecule has 0 amide bonds. The lowest BCUT2D eigenvalue weighted by Gasteiger charge is -2.33. The lowest BCUT2D eigenvalue weighted by Crippen LogP contribution is -2.44. The van der Waals surface area contributed by atoms with E-state index in [1.165, 1.54) is 24.8 Å². The number of hydrogen-bond acceptors (Lipinski definition) is 5. The summed E-state index contributed by atoms with van der Waals surface area (Å²) in [7, 11) is 1.71. The molecule has 0 aliphatic carbocycles. The summed E-state index contributed by atoms with van der Waals surface area (Å²) in [5.41, 5.74) is 3.35. The number of piperidine rings is 1. The van der Waals surface area contributed by atoms with Crippen LogP contribution in [-0.4, -0.2) is 60.5 Å². The Bertz CT molecular complexity index is 808. The Morgan fingerprint density at radius 2 is 2.06 bits per heavy atom. The minimum Gasteiger partial charge on any atom is -0.468 e. The molecule has 3 rings (SSSR count). The molecule has 1 aliphatic rings. The largest absolute Gasteiger partial charge is 0.468 e. The molecule has 1 saturated heterocycles. The fourth-order valence-electron chi connectivity index (χ4n) is 4.17. The van der Waals surface area contributed by atoms with E-state index in [0.717, 1.165) is 55.8 Å². The number of nitrogens with one attached hydrogen (secondary N) is 2. The zero-order valence-electron chi connectivity index (χ0n) is 19.5. The van der Waals surface area contributed by atoms with Crippen molar-refractivity contribution in [2.75, 3.05) is 39.9 Å². The van der Waals surface area contributed by atoms with Gasteiger partial charge in [-0.15, -0.1) is 0 Å². The molecule has 0 radical (unpaired) electrons. The fourth-order valence-corrected chi connectivity index (χ4v) is 4.17. The van der Waals surface area contributed by atoms with Gasteiger partial charge in [0.05, 0.1) is 37.7 Å². The Kier molecular flexibility index (Phi) is 8.97. The van der Waals surface area contributed by atoms with Crippen LogP contribution in [0.5, 0.6) is 0 Å². The average molecular weight is 431 g/mol. The molecule has 1 unspecified atom stereocenters. The van der Waals surface area contributed by atoms with Gasteiger partial charge in [-0.3, -0.25) is 9.58 Å². The Morgan fingerprint density at radius 3 is 2.74 bits per heavy atom. The first-order chi connectivity index (χ1) is 15.1. The monoisotopic (exact) mass is 430 g/mol. The lowest BCUT2D eigenvalue weighted by atomic mass is 10.1. The van der Waals surface area contributed by atoms with Crippen LogP contribution < -0.4 is 10.6 Å². The standard InChI is InChI=1S/C23H38N6O2/c1-5-24-23(25-16-20-18(2)27-29(19(20)3)13-15-30-4)26-17-21(22-10-9-14-31-22)28-11-7-6-8-12-28/h9-10,14,21H,5-8,11-13,15-17H2,1-4H3,(H2,24,25,26). The van der Waals surface area contributed by atoms with E-state index in [2.05, 4.69) is 40.5 Å². The van der Waals surface area contributed by atoms with Gasteiger partial charge in [0, 0.05) is 31.5 Å². The molecule has 172 valence electrons. The first-order valence-corrected chi connectivity index (χ1v) is 11.5. The van der Waals surface area contributed by atoms with Crippen molar-refractivity contribution in [3.05, 3.63) is 41.1 Å². The molecule has 31 heavy (non-hydrogen) atoms. The molecule has 3 heterocycles. The molecule has 2 N–H and O–H groups in total. The highest BCUT2D eigenvalue weighted by atomic mass is 16.5. The SMILES string of the molecule is CCNC(=NCc1c(C)nn(CCOC)c1C)NCC(c1ccco1)N1CCCCC1. The number of hydrogen-bond donors (Lipinski definition) is 2. The number of aromatic nitrogens is 2. The molecular weight excluding hydrogens is 392 g/mol. The van der Waals surface area contributed by atoms with Crippen LogP contribution in [0.3, 0.4) is 0 Å². The van der Waals surface area contributed by atoms with Crippen molar-refractivity contribution < 1.29 is 9.15 Å². The number of guanidine groups is 1. The number of ether oxygens (including phenoxy) is 1. The summed E-state index contributed by atoms with van der Waals surface area (Å²) in [6.45, 7) is 12.0. The van der Waals surface area contributed by atoms with Crippen molar-refractivity contribution in [3.8, 4) is 0 Å². The van der Waals surface area contributed by atoms with E-state index in [1.54, 1.807) is 13.4 Å². The summed E-state index contributed by atoms with van der Waals surface area (Å²) in [4.78, 5) is 7.38. The van der Waals surface area contributed by atoms with Crippen LogP contribution in [-0.2, 0) is 17.8 Å². The number of nitrogens with zero attached hydrogens (tertiary/aromatic N) is 4. The van der Waals surface area contributed by atoms with Gasteiger partial charge in [-0.05, 0) is 58.8 Å². The Balaban J connectivity index is 1.68. The summed E-state index contributed by atoms with van der Waals surface area (Å²) in [5.74, 6) is 1.83. The molecule has 0 bridgehead atoms. The maximum atomic E-state index is 5.77. The smallest absolute Gasteiger partial charge is 0.191 e. The van der Waals surface area contributed by atoms with Crippen molar-refractivity contribution >= 4 is 5.96 Å². The van der Waals surface area contributed by atoms with Crippen molar-refractivity contribution in [3.63, 3.8) is 0 Å². The molecule has 2 aromatic heterocycles. The zero-order chi connectivity index (χ0) is 22.1. The highest BCUT2D eigenvalue weighted by molar-refractivity contribution is 5.79. The maximum absolute atomic E-state index is 5.77. The van der Waals surface area contributed by atoms with E-state index in [-0.39, 0.29) is 6.04 Å². The topological polar surface area (TPSA) is 79.8 Å². The first kappa shape index (κ1) is 23.3. The third kappa shape index (κ3) is 6.33. The van der Waals surface area contributed by atoms with E-state index >= 15 is 0 Å². The van der Waals surface area contributed by atoms with E-state index < -0.39 is 0 Å². The van der Waals surface area contributed by atoms with E-state index in [4.69, 9.17) is 14.1 Å². The average Bonchev–Trinajstić information content (AvgIpc) is 3.40. The quantitative estimate of drug-likeness (QED) is 0.446. The highest BCUT2D eigenvalue weighted by Gasteiger charge is 2.24. The second-order valence-electron chi connectivity index (χ2n) is 8.07. The van der Waals surface area contributed by atoms with Crippen molar-refractivity contribution in [1.82, 2.24) is 25.3 Å². The molecule has 0 spiro atoms. The van der Waals surface area contributed by atoms with Gasteiger partial charge < -0.3 is 19.8 Å². The summed E-state index contributed by atoms with van der Waals surface area (Å²) >= 11 is 0. The van der Waals surface area contributed by atoms with E-state index in [9.17, 15) is 0 Å². The number of likely N-dealkylation sites (tertiary alicyclic amines) is 1. The van der Waals surface area contributed by atoms with Gasteiger partial charge in [0.2, 0.25) is 0 Å². The van der Waals surface area contributed by atoms with Crippen LogP contribution in [0.2, 0.25) is 0 Å². The molecule has 0 saturated carbocycles. The summed E-state index contributed by atoms with van der Waals surface area (Å²) < 4.78 is 13.0. The van der Waals surface area contributed by atoms with Gasteiger partial charge in [-0.2, -0.15) is 5.10 Å². The van der Waals surface area contributed by atoms with Gasteiger partial charge in [0.25, 0.3) is 0 Å². The second kappa shape index (κ2) is 11.9. The van der Waals surface area contributed by atoms with Crippen molar-refractivity contribution in [1.29, 1.82) is 0 Å². The highest BCUT2D eigenvalue weighted by Crippen LogP contribution is 2.24. The molecule has 0 aromatic carbocycles. The Hall–Kier alpha value is -2.32. The van der Waals surface area contributed by atoms with Gasteiger partial charge in [0.15, 0.2) is 5.96 Å². The summed E-state index contributed by atoms with van der Waals surface area (Å²) in [5, 5.41) is 11.6. The van der Waals surface area contributed by atoms with Crippen LogP contribution in [0.4, 0.5) is 0 Å². The van der Waals surface area contributed by atoms with Crippen LogP contribution in [0, 0.1) is 13.8 Å². The third-order valence-corrected chi connectivity index (χ3v) is 5.94. The van der Waals surface area contributed by atoms with Gasteiger partial charge in [0.1, 0.15) is 5.76 Å². The van der Waals surface area contributed by atoms with Crippen molar-refractivity contribution in [2.24, 2.45) is 4.99 Å². The molecule has 1 aliphatic heterocycles. The molecule has 1 atom stereocenters. The zero-order valence-corrected chi connectivity index (χ0v) is 19.5.